The van der Waals surface area contributed by atoms with Gasteiger partial charge in [-0.1, -0.05) is 0 Å². The maximum atomic E-state index is 11.1. The fourth-order valence-electron chi connectivity index (χ4n) is 1.50. The molecule has 1 aromatic heterocycles. The van der Waals surface area contributed by atoms with Crippen LogP contribution in [0.2, 0.25) is 0 Å². The van der Waals surface area contributed by atoms with Crippen molar-refractivity contribution in [2.45, 2.75) is 19.1 Å². The van der Waals surface area contributed by atoms with E-state index in [1.807, 2.05) is 5.43 Å². The molecule has 16 heavy (non-hydrogen) atoms. The van der Waals surface area contributed by atoms with Gasteiger partial charge >= 0.3 is 0 Å². The summed E-state index contributed by atoms with van der Waals surface area (Å²) in [5.74, 6) is 5.22. The fraction of sp³-hybridized carbons (Fsp3) is 0.500. The lowest BCUT2D eigenvalue weighted by Crippen LogP contribution is -2.29. The van der Waals surface area contributed by atoms with Crippen LogP contribution in [0.1, 0.15) is 22.5 Å². The van der Waals surface area contributed by atoms with Crippen molar-refractivity contribution in [3.63, 3.8) is 0 Å². The van der Waals surface area contributed by atoms with Crippen molar-refractivity contribution in [1.82, 2.24) is 5.43 Å². The second kappa shape index (κ2) is 5.11. The number of hydrazine groups is 1. The molecule has 0 spiro atoms. The van der Waals surface area contributed by atoms with Crippen molar-refractivity contribution in [3.05, 3.63) is 23.7 Å². The van der Waals surface area contributed by atoms with E-state index in [-0.39, 0.29) is 12.0 Å². The smallest absolute Gasteiger partial charge is 0.268 e. The quantitative estimate of drug-likeness (QED) is 0.434. The first-order valence-electron chi connectivity index (χ1n) is 5.07. The average Bonchev–Trinajstić information content (AvgIpc) is 2.96. The number of carbonyl (C=O) groups excluding carboxylic acids is 1. The molecule has 3 N–H and O–H groups in total. The van der Waals surface area contributed by atoms with Crippen LogP contribution in [-0.2, 0) is 16.1 Å². The molecule has 1 atom stereocenters. The third-order valence-corrected chi connectivity index (χ3v) is 2.40. The molecule has 1 saturated heterocycles. The highest BCUT2D eigenvalue weighted by Gasteiger charge is 2.17. The van der Waals surface area contributed by atoms with Crippen LogP contribution in [0.5, 0.6) is 0 Å². The van der Waals surface area contributed by atoms with Crippen LogP contribution < -0.4 is 11.3 Å². The molecule has 6 heteroatoms. The first kappa shape index (κ1) is 11.1. The first-order chi connectivity index (χ1) is 7.79. The Morgan fingerprint density at radius 2 is 2.56 bits per heavy atom. The molecule has 2 rings (SSSR count). The summed E-state index contributed by atoms with van der Waals surface area (Å²) in [5, 5.41) is 0. The van der Waals surface area contributed by atoms with Crippen molar-refractivity contribution in [3.8, 4) is 0 Å². The van der Waals surface area contributed by atoms with Gasteiger partial charge < -0.3 is 13.9 Å². The minimum Gasteiger partial charge on any atom is -0.466 e. The van der Waals surface area contributed by atoms with E-state index in [0.717, 1.165) is 13.0 Å². The fourth-order valence-corrected chi connectivity index (χ4v) is 1.50. The highest BCUT2D eigenvalue weighted by atomic mass is 16.5. The van der Waals surface area contributed by atoms with Gasteiger partial charge in [-0.2, -0.15) is 0 Å². The van der Waals surface area contributed by atoms with E-state index in [4.69, 9.17) is 19.7 Å². The molecule has 1 aliphatic heterocycles. The molecule has 6 nitrogen and oxygen atoms in total. The Morgan fingerprint density at radius 3 is 3.25 bits per heavy atom. The van der Waals surface area contributed by atoms with Gasteiger partial charge in [-0.05, 0) is 12.5 Å². The van der Waals surface area contributed by atoms with Crippen LogP contribution in [-0.4, -0.2) is 25.2 Å². The van der Waals surface area contributed by atoms with Crippen molar-refractivity contribution in [2.24, 2.45) is 5.84 Å². The first-order valence-corrected chi connectivity index (χ1v) is 5.07. The van der Waals surface area contributed by atoms with E-state index in [1.54, 1.807) is 6.07 Å². The Labute approximate surface area is 92.7 Å². The summed E-state index contributed by atoms with van der Waals surface area (Å²) < 4.78 is 15.9. The summed E-state index contributed by atoms with van der Waals surface area (Å²) in [6.07, 6.45) is 2.37. The molecule has 0 aliphatic carbocycles. The molecule has 2 heterocycles. The molecule has 1 aliphatic rings. The van der Waals surface area contributed by atoms with Gasteiger partial charge in [-0.25, -0.2) is 5.84 Å². The zero-order valence-electron chi connectivity index (χ0n) is 8.77. The third kappa shape index (κ3) is 2.60. The van der Waals surface area contributed by atoms with E-state index in [0.29, 0.717) is 24.5 Å². The zero-order valence-corrected chi connectivity index (χ0v) is 8.77. The second-order valence-corrected chi connectivity index (χ2v) is 3.57. The number of hydrogen-bond acceptors (Lipinski definition) is 5. The maximum Gasteiger partial charge on any atom is 0.268 e. The number of nitrogens with two attached hydrogens (primary N) is 1. The van der Waals surface area contributed by atoms with Crippen LogP contribution in [0.15, 0.2) is 16.7 Å². The van der Waals surface area contributed by atoms with E-state index >= 15 is 0 Å². The highest BCUT2D eigenvalue weighted by molar-refractivity contribution is 5.93. The highest BCUT2D eigenvalue weighted by Crippen LogP contribution is 2.13. The zero-order chi connectivity index (χ0) is 11.4. The summed E-state index contributed by atoms with van der Waals surface area (Å²) in [6, 6.07) is 1.61. The van der Waals surface area contributed by atoms with E-state index < -0.39 is 0 Å². The second-order valence-electron chi connectivity index (χ2n) is 3.57. The van der Waals surface area contributed by atoms with Crippen LogP contribution in [0, 0.1) is 0 Å². The molecule has 0 bridgehead atoms. The number of hydrogen-bond donors (Lipinski definition) is 2. The van der Waals surface area contributed by atoms with Crippen molar-refractivity contribution in [1.29, 1.82) is 0 Å². The van der Waals surface area contributed by atoms with Gasteiger partial charge in [-0.3, -0.25) is 10.2 Å². The number of furan rings is 1. The van der Waals surface area contributed by atoms with Gasteiger partial charge in [-0.15, -0.1) is 0 Å². The van der Waals surface area contributed by atoms with E-state index in [2.05, 4.69) is 0 Å². The minimum atomic E-state index is -0.376. The molecule has 88 valence electrons. The number of carbonyl (C=O) groups is 1. The molecule has 0 radical (unpaired) electrons. The maximum absolute atomic E-state index is 11.1. The summed E-state index contributed by atoms with van der Waals surface area (Å²) in [5.41, 5.74) is 2.42. The largest absolute Gasteiger partial charge is 0.466 e. The Balaban J connectivity index is 1.85. The van der Waals surface area contributed by atoms with Gasteiger partial charge in [0.2, 0.25) is 0 Å². The SMILES string of the molecule is NNC(=O)c1coc(COC2CCOC2)c1. The van der Waals surface area contributed by atoms with Crippen LogP contribution in [0.25, 0.3) is 0 Å². The van der Waals surface area contributed by atoms with Gasteiger partial charge in [0.05, 0.1) is 18.3 Å². The van der Waals surface area contributed by atoms with Crippen molar-refractivity contribution < 1.29 is 18.7 Å². The van der Waals surface area contributed by atoms with Gasteiger partial charge in [0.1, 0.15) is 18.6 Å². The predicted molar refractivity (Wildman–Crippen MR) is 54.4 cm³/mol. The van der Waals surface area contributed by atoms with Crippen LogP contribution in [0.3, 0.4) is 0 Å². The van der Waals surface area contributed by atoms with Crippen LogP contribution >= 0.6 is 0 Å². The van der Waals surface area contributed by atoms with E-state index in [9.17, 15) is 4.79 Å². The number of nitrogen functional groups attached to an aromatic ring is 1. The molecule has 1 fully saturated rings. The monoisotopic (exact) mass is 226 g/mol. The standard InChI is InChI=1S/C10H14N2O4/c11-12-10(13)7-3-9(15-4-7)6-16-8-1-2-14-5-8/h3-4,8H,1-2,5-6,11H2,(H,12,13). The molecule has 0 aromatic carbocycles. The van der Waals surface area contributed by atoms with Crippen LogP contribution in [0.4, 0.5) is 0 Å². The number of rotatable bonds is 4. The Hall–Kier alpha value is -1.37. The molecular formula is C10H14N2O4. The number of ether oxygens (including phenoxy) is 2. The molecule has 1 aromatic rings. The lowest BCUT2D eigenvalue weighted by molar-refractivity contribution is 0.0235. The minimum absolute atomic E-state index is 0.122. The lowest BCUT2D eigenvalue weighted by atomic mass is 10.3. The Bertz CT molecular complexity index is 357. The lowest BCUT2D eigenvalue weighted by Gasteiger charge is -2.07. The predicted octanol–water partition coefficient (Wildman–Crippen LogP) is 0.189. The average molecular weight is 226 g/mol. The van der Waals surface area contributed by atoms with Crippen molar-refractivity contribution >= 4 is 5.91 Å². The van der Waals surface area contributed by atoms with Gasteiger partial charge in [0, 0.05) is 6.61 Å². The topological polar surface area (TPSA) is 86.7 Å². The Kier molecular flexibility index (Phi) is 3.55. The van der Waals surface area contributed by atoms with E-state index in [1.165, 1.54) is 6.26 Å². The molecule has 1 unspecified atom stereocenters. The molecule has 0 saturated carbocycles. The van der Waals surface area contributed by atoms with Crippen molar-refractivity contribution in [2.75, 3.05) is 13.2 Å². The van der Waals surface area contributed by atoms with Gasteiger partial charge in [0.25, 0.3) is 5.91 Å². The third-order valence-electron chi connectivity index (χ3n) is 2.40. The normalized spacial score (nSPS) is 19.9. The Morgan fingerprint density at radius 1 is 1.69 bits per heavy atom. The summed E-state index contributed by atoms with van der Waals surface area (Å²) in [6.45, 7) is 1.70. The summed E-state index contributed by atoms with van der Waals surface area (Å²) in [4.78, 5) is 11.1. The molecular weight excluding hydrogens is 212 g/mol. The summed E-state index contributed by atoms with van der Waals surface area (Å²) in [7, 11) is 0. The number of nitrogens with one attached hydrogen (secondary N) is 1. The number of amides is 1. The molecule has 1 amide bonds. The summed E-state index contributed by atoms with van der Waals surface area (Å²) >= 11 is 0. The van der Waals surface area contributed by atoms with Gasteiger partial charge in [0.15, 0.2) is 0 Å².